The Hall–Kier alpha value is -1.92. The van der Waals surface area contributed by atoms with Gasteiger partial charge in [0.15, 0.2) is 5.76 Å². The molecule has 1 saturated carbocycles. The molecule has 0 unspecified atom stereocenters. The number of hydrogen-bond donors (Lipinski definition) is 2. The van der Waals surface area contributed by atoms with Crippen molar-refractivity contribution in [2.24, 2.45) is 17.8 Å². The number of nitrogens with one attached hydrogen (secondary N) is 1. The summed E-state index contributed by atoms with van der Waals surface area (Å²) >= 11 is 0. The van der Waals surface area contributed by atoms with Crippen molar-refractivity contribution >= 4 is 5.91 Å². The smallest absolute Gasteiger partial charge is 0.286 e. The predicted octanol–water partition coefficient (Wildman–Crippen LogP) is 3.52. The average molecular weight is 391 g/mol. The van der Waals surface area contributed by atoms with E-state index < -0.39 is 6.29 Å². The Bertz CT molecular complexity index is 672. The summed E-state index contributed by atoms with van der Waals surface area (Å²) in [5.41, 5.74) is 0.823. The van der Waals surface area contributed by atoms with Gasteiger partial charge in [0.25, 0.3) is 5.91 Å². The number of halogens is 1. The topological polar surface area (TPSA) is 67.8 Å². The molecule has 154 valence electrons. The fourth-order valence-corrected chi connectivity index (χ4v) is 4.02. The molecule has 28 heavy (non-hydrogen) atoms. The SMILES string of the molecule is CCO[C@@H]1OC(C(=O)NCc2ccc(F)cc2)=C[C@H](C2CCC2)[C@@H]1CCCO. The third-order valence-corrected chi connectivity index (χ3v) is 5.74. The van der Waals surface area contributed by atoms with Crippen LogP contribution in [0.25, 0.3) is 0 Å². The second kappa shape index (κ2) is 10.0. The van der Waals surface area contributed by atoms with Crippen LogP contribution in [0.3, 0.4) is 0 Å². The van der Waals surface area contributed by atoms with Gasteiger partial charge >= 0.3 is 0 Å². The molecule has 3 atom stereocenters. The van der Waals surface area contributed by atoms with E-state index in [1.54, 1.807) is 12.1 Å². The van der Waals surface area contributed by atoms with Crippen LogP contribution in [0.5, 0.6) is 0 Å². The average Bonchev–Trinajstić information content (AvgIpc) is 2.65. The van der Waals surface area contributed by atoms with Gasteiger partial charge in [-0.2, -0.15) is 0 Å². The fourth-order valence-electron chi connectivity index (χ4n) is 4.02. The van der Waals surface area contributed by atoms with Gasteiger partial charge in [0, 0.05) is 25.7 Å². The first-order valence-corrected chi connectivity index (χ1v) is 10.3. The molecular formula is C22H30FNO4. The summed E-state index contributed by atoms with van der Waals surface area (Å²) in [6.45, 7) is 2.86. The molecule has 1 fully saturated rings. The lowest BCUT2D eigenvalue weighted by Crippen LogP contribution is -2.43. The second-order valence-corrected chi connectivity index (χ2v) is 7.58. The van der Waals surface area contributed by atoms with Crippen LogP contribution in [0.4, 0.5) is 4.39 Å². The van der Waals surface area contributed by atoms with Crippen LogP contribution in [0.15, 0.2) is 36.1 Å². The maximum Gasteiger partial charge on any atom is 0.286 e. The maximum absolute atomic E-state index is 13.0. The zero-order chi connectivity index (χ0) is 19.9. The van der Waals surface area contributed by atoms with Gasteiger partial charge < -0.3 is 19.9 Å². The van der Waals surface area contributed by atoms with Crippen molar-refractivity contribution < 1.29 is 23.8 Å². The highest BCUT2D eigenvalue weighted by molar-refractivity contribution is 5.91. The monoisotopic (exact) mass is 391 g/mol. The number of carbonyl (C=O) groups is 1. The van der Waals surface area contributed by atoms with E-state index in [-0.39, 0.29) is 30.2 Å². The first-order valence-electron chi connectivity index (χ1n) is 10.3. The quantitative estimate of drug-likeness (QED) is 0.676. The van der Waals surface area contributed by atoms with E-state index in [2.05, 4.69) is 5.32 Å². The molecule has 5 nitrogen and oxygen atoms in total. The van der Waals surface area contributed by atoms with E-state index in [1.807, 2.05) is 13.0 Å². The van der Waals surface area contributed by atoms with Crippen molar-refractivity contribution in [3.8, 4) is 0 Å². The molecule has 1 amide bonds. The number of aliphatic hydroxyl groups is 1. The van der Waals surface area contributed by atoms with Gasteiger partial charge in [0.2, 0.25) is 6.29 Å². The van der Waals surface area contributed by atoms with Gasteiger partial charge in [0.1, 0.15) is 5.82 Å². The fraction of sp³-hybridized carbons (Fsp3) is 0.591. The molecule has 1 heterocycles. The lowest BCUT2D eigenvalue weighted by Gasteiger charge is -2.43. The van der Waals surface area contributed by atoms with E-state index >= 15 is 0 Å². The van der Waals surface area contributed by atoms with Gasteiger partial charge in [-0.1, -0.05) is 18.6 Å². The van der Waals surface area contributed by atoms with Crippen LogP contribution in [-0.2, 0) is 20.8 Å². The normalized spacial score (nSPS) is 24.8. The Morgan fingerprint density at radius 3 is 2.68 bits per heavy atom. The number of aliphatic hydroxyl groups excluding tert-OH is 1. The highest BCUT2D eigenvalue weighted by Gasteiger charge is 2.42. The van der Waals surface area contributed by atoms with Crippen LogP contribution in [0.1, 0.15) is 44.6 Å². The van der Waals surface area contributed by atoms with E-state index in [1.165, 1.54) is 18.6 Å². The number of hydrogen-bond acceptors (Lipinski definition) is 4. The summed E-state index contributed by atoms with van der Waals surface area (Å²) < 4.78 is 24.8. The van der Waals surface area contributed by atoms with Gasteiger partial charge in [0.05, 0.1) is 0 Å². The molecule has 1 aliphatic carbocycles. The van der Waals surface area contributed by atoms with Crippen molar-refractivity contribution in [1.82, 2.24) is 5.32 Å². The first-order chi connectivity index (χ1) is 13.6. The van der Waals surface area contributed by atoms with Crippen LogP contribution >= 0.6 is 0 Å². The van der Waals surface area contributed by atoms with E-state index in [0.717, 1.165) is 24.8 Å². The van der Waals surface area contributed by atoms with Gasteiger partial charge in [-0.15, -0.1) is 0 Å². The third-order valence-electron chi connectivity index (χ3n) is 5.74. The van der Waals surface area contributed by atoms with Crippen molar-refractivity contribution in [2.45, 2.75) is 51.9 Å². The number of allylic oxidation sites excluding steroid dienone is 1. The molecule has 0 saturated heterocycles. The molecule has 2 aliphatic rings. The van der Waals surface area contributed by atoms with Crippen LogP contribution in [-0.4, -0.2) is 30.5 Å². The molecule has 1 aromatic carbocycles. The van der Waals surface area contributed by atoms with Crippen molar-refractivity contribution in [3.05, 3.63) is 47.5 Å². The molecule has 0 aromatic heterocycles. The lowest BCUT2D eigenvalue weighted by molar-refractivity contribution is -0.178. The molecular weight excluding hydrogens is 361 g/mol. The second-order valence-electron chi connectivity index (χ2n) is 7.58. The molecule has 0 radical (unpaired) electrons. The van der Waals surface area contributed by atoms with E-state index in [4.69, 9.17) is 9.47 Å². The lowest BCUT2D eigenvalue weighted by atomic mass is 9.68. The third kappa shape index (κ3) is 5.11. The Balaban J connectivity index is 1.71. The van der Waals surface area contributed by atoms with Crippen LogP contribution in [0, 0.1) is 23.6 Å². The molecule has 2 N–H and O–H groups in total. The van der Waals surface area contributed by atoms with Crippen LogP contribution < -0.4 is 5.32 Å². The van der Waals surface area contributed by atoms with Gasteiger partial charge in [-0.05, 0) is 68.2 Å². The number of benzene rings is 1. The minimum Gasteiger partial charge on any atom is -0.459 e. The van der Waals surface area contributed by atoms with Gasteiger partial charge in [-0.25, -0.2) is 4.39 Å². The Labute approximate surface area is 165 Å². The number of rotatable bonds is 9. The molecule has 6 heteroatoms. The largest absolute Gasteiger partial charge is 0.459 e. The number of amides is 1. The first kappa shape index (κ1) is 20.8. The highest BCUT2D eigenvalue weighted by Crippen LogP contribution is 2.44. The molecule has 3 rings (SSSR count). The van der Waals surface area contributed by atoms with Crippen molar-refractivity contribution in [2.75, 3.05) is 13.2 Å². The Morgan fingerprint density at radius 1 is 1.32 bits per heavy atom. The summed E-state index contributed by atoms with van der Waals surface area (Å²) in [5, 5.41) is 12.1. The standard InChI is InChI=1S/C22H30FNO4/c1-2-27-22-18(7-4-12-25)19(16-5-3-6-16)13-20(28-22)21(26)24-14-15-8-10-17(23)11-9-15/h8-11,13,16,18-19,22,25H,2-7,12,14H2,1H3,(H,24,26)/t18-,19+,22+/m0/s1. The minimum atomic E-state index is -0.473. The molecule has 1 aromatic rings. The molecule has 0 bridgehead atoms. The molecule has 1 aliphatic heterocycles. The zero-order valence-corrected chi connectivity index (χ0v) is 16.4. The zero-order valence-electron chi connectivity index (χ0n) is 16.4. The summed E-state index contributed by atoms with van der Waals surface area (Å²) in [6.07, 6.45) is 6.51. The van der Waals surface area contributed by atoms with Gasteiger partial charge in [-0.3, -0.25) is 4.79 Å². The van der Waals surface area contributed by atoms with Crippen molar-refractivity contribution in [1.29, 1.82) is 0 Å². The number of ether oxygens (including phenoxy) is 2. The highest BCUT2D eigenvalue weighted by atomic mass is 19.1. The maximum atomic E-state index is 13.0. The Morgan fingerprint density at radius 2 is 2.07 bits per heavy atom. The van der Waals surface area contributed by atoms with E-state index in [9.17, 15) is 14.3 Å². The number of carbonyl (C=O) groups excluding carboxylic acids is 1. The summed E-state index contributed by atoms with van der Waals surface area (Å²) in [7, 11) is 0. The van der Waals surface area contributed by atoms with E-state index in [0.29, 0.717) is 31.2 Å². The summed E-state index contributed by atoms with van der Waals surface area (Å²) in [4.78, 5) is 12.7. The summed E-state index contributed by atoms with van der Waals surface area (Å²) in [5.74, 6) is 0.626. The molecule has 0 spiro atoms. The van der Waals surface area contributed by atoms with Crippen LogP contribution in [0.2, 0.25) is 0 Å². The minimum absolute atomic E-state index is 0.140. The Kier molecular flexibility index (Phi) is 7.45. The van der Waals surface area contributed by atoms with Crippen molar-refractivity contribution in [3.63, 3.8) is 0 Å². The summed E-state index contributed by atoms with van der Waals surface area (Å²) in [6, 6.07) is 6.05. The predicted molar refractivity (Wildman–Crippen MR) is 103 cm³/mol.